The van der Waals surface area contributed by atoms with Crippen LogP contribution in [0.3, 0.4) is 0 Å². The van der Waals surface area contributed by atoms with Crippen molar-refractivity contribution in [2.75, 3.05) is 14.1 Å². The van der Waals surface area contributed by atoms with Gasteiger partial charge in [-0.05, 0) is 23.9 Å². The van der Waals surface area contributed by atoms with Gasteiger partial charge in [-0.15, -0.1) is 0 Å². The van der Waals surface area contributed by atoms with Gasteiger partial charge in [-0.1, -0.05) is 6.58 Å². The average molecular weight is 192 g/mol. The molecule has 1 rings (SSSR count). The van der Waals surface area contributed by atoms with Gasteiger partial charge in [0.15, 0.2) is 0 Å². The van der Waals surface area contributed by atoms with Crippen LogP contribution in [-0.2, 0) is 0 Å². The molecule has 1 aromatic heterocycles. The molecule has 0 aliphatic carbocycles. The molecule has 0 saturated carbocycles. The van der Waals surface area contributed by atoms with Crippen LogP contribution in [-0.4, -0.2) is 24.0 Å². The third-order valence-corrected chi connectivity index (χ3v) is 1.65. The van der Waals surface area contributed by atoms with Crippen LogP contribution in [0.2, 0.25) is 0 Å². The van der Waals surface area contributed by atoms with Crippen molar-refractivity contribution in [3.05, 3.63) is 48.7 Å². The van der Waals surface area contributed by atoms with Crippen LogP contribution >= 0.6 is 0 Å². The van der Waals surface area contributed by atoms with E-state index in [0.29, 0.717) is 5.56 Å². The number of hydrogen-bond acceptors (Lipinski definition) is 2. The fraction of sp³-hybridized carbons (Fsp3) is 0.182. The second-order valence-electron chi connectivity index (χ2n) is 3.20. The summed E-state index contributed by atoms with van der Waals surface area (Å²) in [6.45, 7) is 3.82. The summed E-state index contributed by atoms with van der Waals surface area (Å²) >= 11 is 0. The maximum atomic E-state index is 12.8. The predicted molar refractivity (Wildman–Crippen MR) is 56.1 cm³/mol. The molecule has 0 aliphatic rings. The first-order chi connectivity index (χ1) is 6.59. The molecule has 0 spiro atoms. The van der Waals surface area contributed by atoms with Crippen molar-refractivity contribution in [3.8, 4) is 0 Å². The molecule has 2 nitrogen and oxygen atoms in total. The van der Waals surface area contributed by atoms with E-state index in [1.165, 1.54) is 12.3 Å². The molecular formula is C11H13FN2. The number of rotatable bonds is 3. The van der Waals surface area contributed by atoms with E-state index in [-0.39, 0.29) is 5.82 Å². The molecular weight excluding hydrogens is 179 g/mol. The van der Waals surface area contributed by atoms with Gasteiger partial charge in [-0.25, -0.2) is 4.39 Å². The van der Waals surface area contributed by atoms with Crippen LogP contribution in [0.25, 0.3) is 5.57 Å². The number of pyridine rings is 1. The molecule has 0 saturated heterocycles. The minimum Gasteiger partial charge on any atom is -0.383 e. The maximum absolute atomic E-state index is 12.8. The van der Waals surface area contributed by atoms with Gasteiger partial charge in [0.25, 0.3) is 0 Å². The predicted octanol–water partition coefficient (Wildman–Crippen LogP) is 2.31. The highest BCUT2D eigenvalue weighted by molar-refractivity contribution is 5.71. The van der Waals surface area contributed by atoms with Crippen molar-refractivity contribution >= 4 is 5.57 Å². The van der Waals surface area contributed by atoms with Crippen molar-refractivity contribution in [1.29, 1.82) is 0 Å². The lowest BCUT2D eigenvalue weighted by Crippen LogP contribution is -2.00. The van der Waals surface area contributed by atoms with Gasteiger partial charge in [0.2, 0.25) is 0 Å². The fourth-order valence-corrected chi connectivity index (χ4v) is 0.923. The van der Waals surface area contributed by atoms with E-state index >= 15 is 0 Å². The summed E-state index contributed by atoms with van der Waals surface area (Å²) in [5.41, 5.74) is 1.44. The Kier molecular flexibility index (Phi) is 3.40. The minimum atomic E-state index is -0.345. The zero-order valence-corrected chi connectivity index (χ0v) is 8.37. The van der Waals surface area contributed by atoms with Crippen LogP contribution < -0.4 is 0 Å². The van der Waals surface area contributed by atoms with E-state index < -0.39 is 0 Å². The Balaban J connectivity index is 2.80. The van der Waals surface area contributed by atoms with Crippen LogP contribution in [0.5, 0.6) is 0 Å². The molecule has 0 bridgehead atoms. The number of hydrogen-bond donors (Lipinski definition) is 0. The van der Waals surface area contributed by atoms with Crippen LogP contribution in [0, 0.1) is 5.82 Å². The van der Waals surface area contributed by atoms with E-state index in [1.54, 1.807) is 6.20 Å². The topological polar surface area (TPSA) is 16.1 Å². The van der Waals surface area contributed by atoms with Gasteiger partial charge >= 0.3 is 0 Å². The van der Waals surface area contributed by atoms with Crippen LogP contribution in [0.1, 0.15) is 5.56 Å². The smallest absolute Gasteiger partial charge is 0.142 e. The SMILES string of the molecule is C=C(/C=C/N(C)C)c1cncc(F)c1. The maximum Gasteiger partial charge on any atom is 0.142 e. The molecule has 0 unspecified atom stereocenters. The quantitative estimate of drug-likeness (QED) is 0.683. The van der Waals surface area contributed by atoms with Crippen molar-refractivity contribution in [2.45, 2.75) is 0 Å². The molecule has 0 fully saturated rings. The van der Waals surface area contributed by atoms with E-state index in [2.05, 4.69) is 11.6 Å². The first-order valence-electron chi connectivity index (χ1n) is 4.24. The molecule has 0 aliphatic heterocycles. The Morgan fingerprint density at radius 2 is 2.21 bits per heavy atom. The molecule has 1 heterocycles. The van der Waals surface area contributed by atoms with Crippen LogP contribution in [0.4, 0.5) is 4.39 Å². The van der Waals surface area contributed by atoms with Crippen LogP contribution in [0.15, 0.2) is 37.3 Å². The highest BCUT2D eigenvalue weighted by Crippen LogP contribution is 2.13. The van der Waals surface area contributed by atoms with E-state index in [1.807, 2.05) is 31.3 Å². The second-order valence-corrected chi connectivity index (χ2v) is 3.20. The average Bonchev–Trinajstić information content (AvgIpc) is 2.14. The molecule has 1 aromatic rings. The molecule has 0 atom stereocenters. The van der Waals surface area contributed by atoms with E-state index in [0.717, 1.165) is 5.57 Å². The van der Waals surface area contributed by atoms with E-state index in [9.17, 15) is 4.39 Å². The molecule has 0 amide bonds. The Labute approximate surface area is 83.4 Å². The summed E-state index contributed by atoms with van der Waals surface area (Å²) < 4.78 is 12.8. The van der Waals surface area contributed by atoms with Gasteiger partial charge < -0.3 is 4.90 Å². The van der Waals surface area contributed by atoms with Crippen molar-refractivity contribution in [2.24, 2.45) is 0 Å². The summed E-state index contributed by atoms with van der Waals surface area (Å²) in [6.07, 6.45) is 6.43. The zero-order chi connectivity index (χ0) is 10.6. The van der Waals surface area contributed by atoms with Crippen molar-refractivity contribution in [1.82, 2.24) is 9.88 Å². The lowest BCUT2D eigenvalue weighted by molar-refractivity contribution is 0.564. The summed E-state index contributed by atoms with van der Waals surface area (Å²) in [5, 5.41) is 0. The summed E-state index contributed by atoms with van der Waals surface area (Å²) in [7, 11) is 3.82. The van der Waals surface area contributed by atoms with Gasteiger partial charge in [-0.2, -0.15) is 0 Å². The third kappa shape index (κ3) is 3.01. The number of nitrogens with zero attached hydrogens (tertiary/aromatic N) is 2. The normalized spacial score (nSPS) is 10.5. The third-order valence-electron chi connectivity index (χ3n) is 1.65. The zero-order valence-electron chi connectivity index (χ0n) is 8.37. The van der Waals surface area contributed by atoms with Gasteiger partial charge in [0.05, 0.1) is 6.20 Å². The first-order valence-corrected chi connectivity index (χ1v) is 4.24. The minimum absolute atomic E-state index is 0.345. The molecule has 3 heteroatoms. The van der Waals surface area contributed by atoms with Gasteiger partial charge in [-0.3, -0.25) is 4.98 Å². The lowest BCUT2D eigenvalue weighted by atomic mass is 10.1. The van der Waals surface area contributed by atoms with Gasteiger partial charge in [0.1, 0.15) is 5.82 Å². The molecule has 0 aromatic carbocycles. The monoisotopic (exact) mass is 192 g/mol. The first kappa shape index (κ1) is 10.4. The standard InChI is InChI=1S/C11H13FN2/c1-9(4-5-14(2)3)10-6-11(12)8-13-7-10/h4-8H,1H2,2-3H3/b5-4+. The molecule has 74 valence electrons. The Bertz CT molecular complexity index is 356. The van der Waals surface area contributed by atoms with Gasteiger partial charge in [0, 0.05) is 25.9 Å². The number of aromatic nitrogens is 1. The highest BCUT2D eigenvalue weighted by atomic mass is 19.1. The molecule has 14 heavy (non-hydrogen) atoms. The summed E-state index contributed by atoms with van der Waals surface area (Å²) in [5.74, 6) is -0.345. The Hall–Kier alpha value is -1.64. The summed E-state index contributed by atoms with van der Waals surface area (Å²) in [4.78, 5) is 5.64. The second kappa shape index (κ2) is 4.56. The lowest BCUT2D eigenvalue weighted by Gasteiger charge is -2.04. The Morgan fingerprint density at radius 1 is 1.50 bits per heavy atom. The number of allylic oxidation sites excluding steroid dienone is 2. The molecule has 0 N–H and O–H groups in total. The van der Waals surface area contributed by atoms with E-state index in [4.69, 9.17) is 0 Å². The molecule has 0 radical (unpaired) electrons. The van der Waals surface area contributed by atoms with Crippen molar-refractivity contribution in [3.63, 3.8) is 0 Å². The van der Waals surface area contributed by atoms with Crippen molar-refractivity contribution < 1.29 is 4.39 Å². The highest BCUT2D eigenvalue weighted by Gasteiger charge is 1.97. The fourth-order valence-electron chi connectivity index (χ4n) is 0.923. The summed E-state index contributed by atoms with van der Waals surface area (Å²) in [6, 6.07) is 1.41. The largest absolute Gasteiger partial charge is 0.383 e. The number of halogens is 1. The Morgan fingerprint density at radius 3 is 2.79 bits per heavy atom.